The van der Waals surface area contributed by atoms with Crippen LogP contribution in [0.4, 0.5) is 17.1 Å². The summed E-state index contributed by atoms with van der Waals surface area (Å²) in [7, 11) is 0. The van der Waals surface area contributed by atoms with E-state index in [0.717, 1.165) is 43.0 Å². The van der Waals surface area contributed by atoms with Crippen molar-refractivity contribution in [3.05, 3.63) is 30.0 Å². The lowest BCUT2D eigenvalue weighted by Crippen LogP contribution is -2.23. The van der Waals surface area contributed by atoms with Crippen LogP contribution in [-0.2, 0) is 6.42 Å². The van der Waals surface area contributed by atoms with Crippen LogP contribution in [0.5, 0.6) is 0 Å². The Bertz CT molecular complexity index is 434. The maximum atomic E-state index is 6.13. The smallest absolute Gasteiger partial charge is 0.0636 e. The van der Waals surface area contributed by atoms with Gasteiger partial charge in [0.15, 0.2) is 0 Å². The van der Waals surface area contributed by atoms with Crippen LogP contribution >= 0.6 is 0 Å². The van der Waals surface area contributed by atoms with Gasteiger partial charge in [0.1, 0.15) is 0 Å². The molecule has 0 bridgehead atoms. The molecule has 1 aromatic rings. The molecule has 0 saturated carbocycles. The predicted octanol–water partition coefficient (Wildman–Crippen LogP) is 4.01. The van der Waals surface area contributed by atoms with E-state index in [1.807, 2.05) is 0 Å². The fourth-order valence-electron chi connectivity index (χ4n) is 2.18. The van der Waals surface area contributed by atoms with Gasteiger partial charge in [-0.05, 0) is 44.4 Å². The van der Waals surface area contributed by atoms with Gasteiger partial charge in [-0.15, -0.1) is 0 Å². The zero-order valence-corrected chi connectivity index (χ0v) is 12.7. The molecule has 0 amide bonds. The molecule has 3 heteroatoms. The molecule has 0 atom stereocenters. The van der Waals surface area contributed by atoms with E-state index < -0.39 is 0 Å². The Balaban J connectivity index is 3.20. The molecular weight excluding hydrogens is 234 g/mol. The molecule has 0 heterocycles. The SMILES string of the molecule is C=C(CC)Nc1cc(N(CC)CC)c(CC)cc1N. The average molecular weight is 261 g/mol. The third-order valence-corrected chi connectivity index (χ3v) is 3.47. The molecule has 3 N–H and O–H groups in total. The first-order valence-electron chi connectivity index (χ1n) is 7.19. The van der Waals surface area contributed by atoms with Gasteiger partial charge in [-0.1, -0.05) is 20.4 Å². The lowest BCUT2D eigenvalue weighted by Gasteiger charge is -2.26. The van der Waals surface area contributed by atoms with Crippen LogP contribution in [0.1, 0.15) is 39.7 Å². The summed E-state index contributed by atoms with van der Waals surface area (Å²) in [6.07, 6.45) is 1.89. The minimum absolute atomic E-state index is 0.794. The van der Waals surface area contributed by atoms with Crippen molar-refractivity contribution >= 4 is 17.1 Å². The minimum Gasteiger partial charge on any atom is -0.397 e. The van der Waals surface area contributed by atoms with E-state index in [1.165, 1.54) is 11.3 Å². The fourth-order valence-corrected chi connectivity index (χ4v) is 2.18. The monoisotopic (exact) mass is 261 g/mol. The second-order valence-electron chi connectivity index (χ2n) is 4.68. The highest BCUT2D eigenvalue weighted by atomic mass is 15.1. The third-order valence-electron chi connectivity index (χ3n) is 3.47. The molecule has 0 spiro atoms. The number of nitrogens with two attached hydrogens (primary N) is 1. The molecule has 0 aliphatic rings. The third kappa shape index (κ3) is 3.66. The Kier molecular flexibility index (Phi) is 5.74. The highest BCUT2D eigenvalue weighted by Crippen LogP contribution is 2.31. The maximum Gasteiger partial charge on any atom is 0.0636 e. The quantitative estimate of drug-likeness (QED) is 0.729. The Morgan fingerprint density at radius 2 is 1.84 bits per heavy atom. The van der Waals surface area contributed by atoms with Crippen molar-refractivity contribution < 1.29 is 0 Å². The van der Waals surface area contributed by atoms with Crippen molar-refractivity contribution in [2.24, 2.45) is 0 Å². The van der Waals surface area contributed by atoms with E-state index in [2.05, 4.69) is 56.6 Å². The normalized spacial score (nSPS) is 10.3. The lowest BCUT2D eigenvalue weighted by atomic mass is 10.1. The van der Waals surface area contributed by atoms with Crippen molar-refractivity contribution in [3.8, 4) is 0 Å². The molecule has 0 fully saturated rings. The number of anilines is 3. The molecule has 0 aliphatic carbocycles. The summed E-state index contributed by atoms with van der Waals surface area (Å²) in [6.45, 7) is 14.6. The summed E-state index contributed by atoms with van der Waals surface area (Å²) >= 11 is 0. The average Bonchev–Trinajstić information content (AvgIpc) is 2.42. The summed E-state index contributed by atoms with van der Waals surface area (Å²) in [5.74, 6) is 0. The van der Waals surface area contributed by atoms with Crippen molar-refractivity contribution in [2.45, 2.75) is 40.5 Å². The molecule has 106 valence electrons. The van der Waals surface area contributed by atoms with Gasteiger partial charge >= 0.3 is 0 Å². The Labute approximate surface area is 117 Å². The number of nitrogen functional groups attached to an aromatic ring is 1. The minimum atomic E-state index is 0.794. The van der Waals surface area contributed by atoms with Gasteiger partial charge in [0.2, 0.25) is 0 Å². The molecule has 0 aromatic heterocycles. The van der Waals surface area contributed by atoms with Crippen molar-refractivity contribution in [2.75, 3.05) is 29.0 Å². The molecule has 0 aliphatic heterocycles. The summed E-state index contributed by atoms with van der Waals surface area (Å²) in [6, 6.07) is 4.24. The van der Waals surface area contributed by atoms with Crippen LogP contribution in [-0.4, -0.2) is 13.1 Å². The zero-order valence-electron chi connectivity index (χ0n) is 12.7. The Morgan fingerprint density at radius 1 is 1.21 bits per heavy atom. The van der Waals surface area contributed by atoms with Crippen LogP contribution < -0.4 is 16.0 Å². The topological polar surface area (TPSA) is 41.3 Å². The van der Waals surface area contributed by atoms with Crippen LogP contribution in [0.15, 0.2) is 24.4 Å². The first-order valence-corrected chi connectivity index (χ1v) is 7.19. The molecule has 3 nitrogen and oxygen atoms in total. The zero-order chi connectivity index (χ0) is 14.4. The molecule has 0 saturated heterocycles. The summed E-state index contributed by atoms with van der Waals surface area (Å²) in [4.78, 5) is 2.36. The summed E-state index contributed by atoms with van der Waals surface area (Å²) in [5, 5.41) is 3.31. The van der Waals surface area contributed by atoms with Gasteiger partial charge < -0.3 is 16.0 Å². The number of allylic oxidation sites excluding steroid dienone is 1. The van der Waals surface area contributed by atoms with Gasteiger partial charge in [0.25, 0.3) is 0 Å². The number of aryl methyl sites for hydroxylation is 1. The van der Waals surface area contributed by atoms with Crippen LogP contribution in [0, 0.1) is 0 Å². The second kappa shape index (κ2) is 7.07. The molecule has 1 rings (SSSR count). The predicted molar refractivity (Wildman–Crippen MR) is 86.8 cm³/mol. The summed E-state index contributed by atoms with van der Waals surface area (Å²) in [5.41, 5.74) is 11.4. The van der Waals surface area contributed by atoms with E-state index >= 15 is 0 Å². The number of hydrogen-bond acceptors (Lipinski definition) is 3. The number of hydrogen-bond donors (Lipinski definition) is 2. The van der Waals surface area contributed by atoms with Gasteiger partial charge in [0, 0.05) is 24.5 Å². The van der Waals surface area contributed by atoms with Crippen LogP contribution in [0.2, 0.25) is 0 Å². The Morgan fingerprint density at radius 3 is 2.32 bits per heavy atom. The Hall–Kier alpha value is -1.64. The standard InChI is InChI=1S/C16H27N3/c1-6-12(5)18-15-11-16(19(8-3)9-4)13(7-2)10-14(15)17/h10-11,18H,5-9,17H2,1-4H3. The van der Waals surface area contributed by atoms with E-state index in [-0.39, 0.29) is 0 Å². The number of benzene rings is 1. The van der Waals surface area contributed by atoms with Crippen molar-refractivity contribution in [1.82, 2.24) is 0 Å². The molecule has 19 heavy (non-hydrogen) atoms. The van der Waals surface area contributed by atoms with E-state index in [0.29, 0.717) is 0 Å². The van der Waals surface area contributed by atoms with Gasteiger partial charge in [-0.3, -0.25) is 0 Å². The number of nitrogens with one attached hydrogen (secondary N) is 1. The first kappa shape index (κ1) is 15.4. The van der Waals surface area contributed by atoms with E-state index in [9.17, 15) is 0 Å². The van der Waals surface area contributed by atoms with E-state index in [1.54, 1.807) is 0 Å². The highest BCUT2D eigenvalue weighted by Gasteiger charge is 2.11. The first-order chi connectivity index (χ1) is 9.07. The lowest BCUT2D eigenvalue weighted by molar-refractivity contribution is 0.856. The van der Waals surface area contributed by atoms with Gasteiger partial charge in [-0.25, -0.2) is 0 Å². The maximum absolute atomic E-state index is 6.13. The van der Waals surface area contributed by atoms with Gasteiger partial charge in [0.05, 0.1) is 11.4 Å². The molecule has 1 aromatic carbocycles. The van der Waals surface area contributed by atoms with E-state index in [4.69, 9.17) is 5.73 Å². The number of rotatable bonds is 7. The fraction of sp³-hybridized carbons (Fsp3) is 0.500. The van der Waals surface area contributed by atoms with Crippen LogP contribution in [0.3, 0.4) is 0 Å². The summed E-state index contributed by atoms with van der Waals surface area (Å²) < 4.78 is 0. The molecular formula is C16H27N3. The molecule has 0 unspecified atom stereocenters. The largest absolute Gasteiger partial charge is 0.397 e. The van der Waals surface area contributed by atoms with Crippen molar-refractivity contribution in [1.29, 1.82) is 0 Å². The number of nitrogens with zero attached hydrogens (tertiary/aromatic N) is 1. The van der Waals surface area contributed by atoms with Gasteiger partial charge in [-0.2, -0.15) is 0 Å². The highest BCUT2D eigenvalue weighted by molar-refractivity contribution is 5.76. The van der Waals surface area contributed by atoms with Crippen LogP contribution in [0.25, 0.3) is 0 Å². The molecule has 0 radical (unpaired) electrons. The second-order valence-corrected chi connectivity index (χ2v) is 4.68. The van der Waals surface area contributed by atoms with Crippen molar-refractivity contribution in [3.63, 3.8) is 0 Å².